The standard InChI is InChI=1S/C24H35NO/c1-17-9-10-18(2)21(15-17)25-13-14-26-22-12-11-19(23(3,4)5)16-20(22)24(6,7)8/h9-12,15-16,25H,13-14H2,1-8H3. The largest absolute Gasteiger partial charge is 0.491 e. The third-order valence-corrected chi connectivity index (χ3v) is 4.72. The molecule has 0 amide bonds. The van der Waals surface area contributed by atoms with Gasteiger partial charge >= 0.3 is 0 Å². The molecule has 1 N–H and O–H groups in total. The van der Waals surface area contributed by atoms with Crippen LogP contribution < -0.4 is 10.1 Å². The molecule has 2 nitrogen and oxygen atoms in total. The SMILES string of the molecule is Cc1ccc(C)c(NCCOc2ccc(C(C)(C)C)cc2C(C)(C)C)c1. The van der Waals surface area contributed by atoms with Crippen LogP contribution in [0.2, 0.25) is 0 Å². The Labute approximate surface area is 160 Å². The molecule has 0 bridgehead atoms. The molecular weight excluding hydrogens is 318 g/mol. The first-order valence-electron chi connectivity index (χ1n) is 9.57. The summed E-state index contributed by atoms with van der Waals surface area (Å²) in [6, 6.07) is 13.1. The van der Waals surface area contributed by atoms with E-state index in [1.165, 1.54) is 27.9 Å². The Morgan fingerprint density at radius 3 is 2.15 bits per heavy atom. The molecule has 0 fully saturated rings. The molecule has 0 aromatic heterocycles. The van der Waals surface area contributed by atoms with Gasteiger partial charge in [-0.15, -0.1) is 0 Å². The first-order chi connectivity index (χ1) is 12.0. The van der Waals surface area contributed by atoms with Crippen molar-refractivity contribution < 1.29 is 4.74 Å². The van der Waals surface area contributed by atoms with Crippen molar-refractivity contribution in [1.82, 2.24) is 0 Å². The Balaban J connectivity index is 2.08. The van der Waals surface area contributed by atoms with Gasteiger partial charge in [0.1, 0.15) is 12.4 Å². The fourth-order valence-corrected chi connectivity index (χ4v) is 2.98. The number of ether oxygens (including phenoxy) is 1. The van der Waals surface area contributed by atoms with E-state index in [0.717, 1.165) is 12.3 Å². The summed E-state index contributed by atoms with van der Waals surface area (Å²) in [4.78, 5) is 0. The van der Waals surface area contributed by atoms with Crippen molar-refractivity contribution in [1.29, 1.82) is 0 Å². The lowest BCUT2D eigenvalue weighted by Crippen LogP contribution is -2.19. The number of hydrogen-bond donors (Lipinski definition) is 1. The second kappa shape index (κ2) is 7.73. The highest BCUT2D eigenvalue weighted by atomic mass is 16.5. The van der Waals surface area contributed by atoms with Crippen LogP contribution in [0.3, 0.4) is 0 Å². The summed E-state index contributed by atoms with van der Waals surface area (Å²) in [6.45, 7) is 19.2. The maximum atomic E-state index is 6.16. The number of nitrogens with one attached hydrogen (secondary N) is 1. The zero-order chi connectivity index (χ0) is 19.5. The lowest BCUT2D eigenvalue weighted by atomic mass is 9.80. The quantitative estimate of drug-likeness (QED) is 0.629. The Bertz CT molecular complexity index is 748. The highest BCUT2D eigenvalue weighted by molar-refractivity contribution is 5.52. The first kappa shape index (κ1) is 20.4. The van der Waals surface area contributed by atoms with Gasteiger partial charge in [0, 0.05) is 12.2 Å². The smallest absolute Gasteiger partial charge is 0.123 e. The van der Waals surface area contributed by atoms with Crippen LogP contribution in [0.15, 0.2) is 36.4 Å². The van der Waals surface area contributed by atoms with Gasteiger partial charge in [-0.25, -0.2) is 0 Å². The zero-order valence-electron chi connectivity index (χ0n) is 17.8. The summed E-state index contributed by atoms with van der Waals surface area (Å²) in [6.07, 6.45) is 0. The maximum Gasteiger partial charge on any atom is 0.123 e. The summed E-state index contributed by atoms with van der Waals surface area (Å²) in [7, 11) is 0. The second-order valence-corrected chi connectivity index (χ2v) is 9.30. The van der Waals surface area contributed by atoms with E-state index in [0.29, 0.717) is 6.61 Å². The molecule has 2 aromatic rings. The molecule has 0 saturated heterocycles. The van der Waals surface area contributed by atoms with E-state index < -0.39 is 0 Å². The topological polar surface area (TPSA) is 21.3 Å². The van der Waals surface area contributed by atoms with Gasteiger partial charge in [0.15, 0.2) is 0 Å². The molecule has 2 rings (SSSR count). The van der Waals surface area contributed by atoms with Gasteiger partial charge in [-0.1, -0.05) is 65.8 Å². The minimum atomic E-state index is 0.0527. The Morgan fingerprint density at radius 2 is 1.54 bits per heavy atom. The van der Waals surface area contributed by atoms with Crippen molar-refractivity contribution in [3.63, 3.8) is 0 Å². The van der Waals surface area contributed by atoms with E-state index >= 15 is 0 Å². The second-order valence-electron chi connectivity index (χ2n) is 9.30. The van der Waals surface area contributed by atoms with E-state index in [4.69, 9.17) is 4.74 Å². The molecule has 0 atom stereocenters. The molecule has 0 aliphatic heterocycles. The van der Waals surface area contributed by atoms with Gasteiger partial charge in [0.05, 0.1) is 0 Å². The predicted molar refractivity (Wildman–Crippen MR) is 114 cm³/mol. The number of benzene rings is 2. The van der Waals surface area contributed by atoms with Gasteiger partial charge in [-0.05, 0) is 59.1 Å². The van der Waals surface area contributed by atoms with Crippen LogP contribution >= 0.6 is 0 Å². The predicted octanol–water partition coefficient (Wildman–Crippen LogP) is 6.39. The maximum absolute atomic E-state index is 6.16. The number of hydrogen-bond acceptors (Lipinski definition) is 2. The van der Waals surface area contributed by atoms with E-state index in [2.05, 4.69) is 97.1 Å². The van der Waals surface area contributed by atoms with Crippen LogP contribution in [-0.4, -0.2) is 13.2 Å². The third kappa shape index (κ3) is 5.27. The molecule has 0 radical (unpaired) electrons. The third-order valence-electron chi connectivity index (χ3n) is 4.72. The fraction of sp³-hybridized carbons (Fsp3) is 0.500. The van der Waals surface area contributed by atoms with E-state index in [-0.39, 0.29) is 10.8 Å². The van der Waals surface area contributed by atoms with Gasteiger partial charge in [0.25, 0.3) is 0 Å². The average Bonchev–Trinajstić information content (AvgIpc) is 2.52. The lowest BCUT2D eigenvalue weighted by Gasteiger charge is -2.27. The van der Waals surface area contributed by atoms with Gasteiger partial charge < -0.3 is 10.1 Å². The zero-order valence-corrected chi connectivity index (χ0v) is 17.8. The molecule has 0 aliphatic carbocycles. The molecule has 2 aromatic carbocycles. The van der Waals surface area contributed by atoms with E-state index in [1.807, 2.05) is 0 Å². The highest BCUT2D eigenvalue weighted by Crippen LogP contribution is 2.35. The molecule has 0 saturated carbocycles. The van der Waals surface area contributed by atoms with Crippen LogP contribution in [0.4, 0.5) is 5.69 Å². The van der Waals surface area contributed by atoms with Crippen molar-refractivity contribution in [2.75, 3.05) is 18.5 Å². The Morgan fingerprint density at radius 1 is 0.846 bits per heavy atom. The summed E-state index contributed by atoms with van der Waals surface area (Å²) in [5, 5.41) is 3.49. The lowest BCUT2D eigenvalue weighted by molar-refractivity contribution is 0.322. The number of rotatable bonds is 5. The Kier molecular flexibility index (Phi) is 6.05. The number of anilines is 1. The monoisotopic (exact) mass is 353 g/mol. The fourth-order valence-electron chi connectivity index (χ4n) is 2.98. The summed E-state index contributed by atoms with van der Waals surface area (Å²) < 4.78 is 6.16. The van der Waals surface area contributed by atoms with Crippen LogP contribution in [0, 0.1) is 13.8 Å². The molecule has 0 aliphatic rings. The summed E-state index contributed by atoms with van der Waals surface area (Å²) in [5.74, 6) is 0.994. The summed E-state index contributed by atoms with van der Waals surface area (Å²) in [5.41, 5.74) is 6.54. The molecule has 0 unspecified atom stereocenters. The van der Waals surface area contributed by atoms with Crippen LogP contribution in [0.5, 0.6) is 5.75 Å². The van der Waals surface area contributed by atoms with Crippen molar-refractivity contribution in [3.8, 4) is 5.75 Å². The van der Waals surface area contributed by atoms with Crippen LogP contribution in [0.25, 0.3) is 0 Å². The number of aryl methyl sites for hydroxylation is 2. The molecular formula is C24H35NO. The molecule has 0 spiro atoms. The van der Waals surface area contributed by atoms with E-state index in [9.17, 15) is 0 Å². The molecule has 142 valence electrons. The molecule has 2 heteroatoms. The van der Waals surface area contributed by atoms with Gasteiger partial charge in [-0.2, -0.15) is 0 Å². The Hall–Kier alpha value is -1.96. The van der Waals surface area contributed by atoms with Gasteiger partial charge in [-0.3, -0.25) is 0 Å². The minimum Gasteiger partial charge on any atom is -0.491 e. The van der Waals surface area contributed by atoms with Crippen molar-refractivity contribution >= 4 is 5.69 Å². The van der Waals surface area contributed by atoms with Crippen molar-refractivity contribution in [2.45, 2.75) is 66.2 Å². The van der Waals surface area contributed by atoms with Crippen LogP contribution in [-0.2, 0) is 10.8 Å². The minimum absolute atomic E-state index is 0.0527. The first-order valence-corrected chi connectivity index (χ1v) is 9.57. The van der Waals surface area contributed by atoms with Crippen molar-refractivity contribution in [3.05, 3.63) is 58.7 Å². The van der Waals surface area contributed by atoms with Gasteiger partial charge in [0.2, 0.25) is 0 Å². The highest BCUT2D eigenvalue weighted by Gasteiger charge is 2.23. The molecule has 26 heavy (non-hydrogen) atoms. The molecule has 0 heterocycles. The normalized spacial score (nSPS) is 12.2. The summed E-state index contributed by atoms with van der Waals surface area (Å²) >= 11 is 0. The van der Waals surface area contributed by atoms with Crippen molar-refractivity contribution in [2.24, 2.45) is 0 Å². The van der Waals surface area contributed by atoms with Crippen LogP contribution in [0.1, 0.15) is 63.8 Å². The average molecular weight is 354 g/mol. The van der Waals surface area contributed by atoms with E-state index in [1.54, 1.807) is 0 Å².